The van der Waals surface area contributed by atoms with E-state index in [9.17, 15) is 13.2 Å². The van der Waals surface area contributed by atoms with Gasteiger partial charge in [0.25, 0.3) is 0 Å². The van der Waals surface area contributed by atoms with Crippen molar-refractivity contribution in [1.82, 2.24) is 15.2 Å². The lowest BCUT2D eigenvalue weighted by atomic mass is 10.2. The standard InChI is InChI=1S/C10H7BrF3N3S/c11-7-3-1-6(2-4-7)5-18-9-15-8(16-17-9)10(12,13)14/h1-4H,5H2,(H,15,16,17). The normalized spacial score (nSPS) is 11.8. The number of hydrogen-bond donors (Lipinski definition) is 1. The largest absolute Gasteiger partial charge is 0.451 e. The van der Waals surface area contributed by atoms with E-state index >= 15 is 0 Å². The summed E-state index contributed by atoms with van der Waals surface area (Å²) >= 11 is 4.45. The molecule has 0 radical (unpaired) electrons. The van der Waals surface area contributed by atoms with Crippen LogP contribution in [0.5, 0.6) is 0 Å². The van der Waals surface area contributed by atoms with Crippen LogP contribution < -0.4 is 0 Å². The van der Waals surface area contributed by atoms with E-state index in [2.05, 4.69) is 26.0 Å². The molecule has 0 aliphatic carbocycles. The maximum Gasteiger partial charge on any atom is 0.451 e. The van der Waals surface area contributed by atoms with Crippen LogP contribution in [0.4, 0.5) is 13.2 Å². The summed E-state index contributed by atoms with van der Waals surface area (Å²) in [4.78, 5) is 3.38. The van der Waals surface area contributed by atoms with Crippen LogP contribution in [-0.2, 0) is 11.9 Å². The maximum absolute atomic E-state index is 12.3. The van der Waals surface area contributed by atoms with Crippen molar-refractivity contribution in [3.63, 3.8) is 0 Å². The highest BCUT2D eigenvalue weighted by Crippen LogP contribution is 2.28. The number of thioether (sulfide) groups is 1. The second-order valence-electron chi connectivity index (χ2n) is 3.38. The first-order valence-electron chi connectivity index (χ1n) is 4.82. The second kappa shape index (κ2) is 5.31. The fourth-order valence-electron chi connectivity index (χ4n) is 1.17. The molecule has 1 N–H and O–H groups in total. The summed E-state index contributed by atoms with van der Waals surface area (Å²) in [5, 5.41) is 5.48. The Bertz CT molecular complexity index is 524. The van der Waals surface area contributed by atoms with Crippen LogP contribution in [0, 0.1) is 0 Å². The molecule has 0 unspecified atom stereocenters. The molecule has 1 heterocycles. The van der Waals surface area contributed by atoms with E-state index < -0.39 is 12.0 Å². The molecule has 0 saturated heterocycles. The number of halogens is 4. The molecule has 18 heavy (non-hydrogen) atoms. The van der Waals surface area contributed by atoms with Gasteiger partial charge in [-0.15, -0.1) is 5.10 Å². The molecule has 1 aromatic heterocycles. The monoisotopic (exact) mass is 337 g/mol. The summed E-state index contributed by atoms with van der Waals surface area (Å²) in [6.45, 7) is 0. The number of alkyl halides is 3. The predicted octanol–water partition coefficient (Wildman–Crippen LogP) is 3.88. The van der Waals surface area contributed by atoms with Crippen LogP contribution >= 0.6 is 27.7 Å². The highest BCUT2D eigenvalue weighted by atomic mass is 79.9. The Morgan fingerprint density at radius 3 is 2.44 bits per heavy atom. The van der Waals surface area contributed by atoms with Gasteiger partial charge >= 0.3 is 6.18 Å². The quantitative estimate of drug-likeness (QED) is 0.864. The van der Waals surface area contributed by atoms with Gasteiger partial charge in [0.15, 0.2) is 0 Å². The molecule has 0 saturated carbocycles. The predicted molar refractivity (Wildman–Crippen MR) is 65.1 cm³/mol. The van der Waals surface area contributed by atoms with Crippen molar-refractivity contribution < 1.29 is 13.2 Å². The minimum Gasteiger partial charge on any atom is -0.254 e. The van der Waals surface area contributed by atoms with Crippen LogP contribution in [0.15, 0.2) is 33.9 Å². The lowest BCUT2D eigenvalue weighted by Gasteiger charge is -1.99. The summed E-state index contributed by atoms with van der Waals surface area (Å²) < 4.78 is 37.7. The smallest absolute Gasteiger partial charge is 0.254 e. The van der Waals surface area contributed by atoms with E-state index in [0.717, 1.165) is 21.8 Å². The molecule has 2 aromatic rings. The fraction of sp³-hybridized carbons (Fsp3) is 0.200. The fourth-order valence-corrected chi connectivity index (χ4v) is 2.18. The minimum atomic E-state index is -4.48. The average Bonchev–Trinajstić information content (AvgIpc) is 2.77. The summed E-state index contributed by atoms with van der Waals surface area (Å²) in [7, 11) is 0. The number of aromatic nitrogens is 3. The number of benzene rings is 1. The van der Waals surface area contributed by atoms with Crippen LogP contribution in [-0.4, -0.2) is 15.2 Å². The zero-order chi connectivity index (χ0) is 13.2. The van der Waals surface area contributed by atoms with Crippen molar-refractivity contribution in [2.24, 2.45) is 0 Å². The molecule has 0 fully saturated rings. The SMILES string of the molecule is FC(F)(F)c1nc(SCc2ccc(Br)cc2)n[nH]1. The Morgan fingerprint density at radius 2 is 1.89 bits per heavy atom. The highest BCUT2D eigenvalue weighted by Gasteiger charge is 2.35. The molecular weight excluding hydrogens is 331 g/mol. The Morgan fingerprint density at radius 1 is 1.22 bits per heavy atom. The number of nitrogens with zero attached hydrogens (tertiary/aromatic N) is 2. The Labute approximate surface area is 113 Å². The highest BCUT2D eigenvalue weighted by molar-refractivity contribution is 9.10. The summed E-state index contributed by atoms with van der Waals surface area (Å²) in [6, 6.07) is 7.51. The van der Waals surface area contributed by atoms with Crippen LogP contribution in [0.3, 0.4) is 0 Å². The maximum atomic E-state index is 12.3. The topological polar surface area (TPSA) is 41.6 Å². The van der Waals surface area contributed by atoms with Gasteiger partial charge in [-0.1, -0.05) is 39.8 Å². The molecule has 0 amide bonds. The lowest BCUT2D eigenvalue weighted by Crippen LogP contribution is -2.07. The zero-order valence-corrected chi connectivity index (χ0v) is 11.2. The van der Waals surface area contributed by atoms with Gasteiger partial charge in [-0.3, -0.25) is 5.10 Å². The third kappa shape index (κ3) is 3.49. The van der Waals surface area contributed by atoms with Gasteiger partial charge < -0.3 is 0 Å². The number of H-pyrrole nitrogens is 1. The van der Waals surface area contributed by atoms with Gasteiger partial charge in [-0.25, -0.2) is 0 Å². The molecule has 2 rings (SSSR count). The van der Waals surface area contributed by atoms with Gasteiger partial charge in [-0.2, -0.15) is 18.2 Å². The van der Waals surface area contributed by atoms with Gasteiger partial charge in [0.1, 0.15) is 0 Å². The van der Waals surface area contributed by atoms with E-state index in [0.29, 0.717) is 5.75 Å². The van der Waals surface area contributed by atoms with Crippen LogP contribution in [0.2, 0.25) is 0 Å². The minimum absolute atomic E-state index is 0.0882. The molecule has 8 heteroatoms. The van der Waals surface area contributed by atoms with Crippen LogP contribution in [0.25, 0.3) is 0 Å². The van der Waals surface area contributed by atoms with Crippen molar-refractivity contribution in [2.45, 2.75) is 17.1 Å². The third-order valence-electron chi connectivity index (χ3n) is 2.01. The molecule has 0 aliphatic rings. The molecular formula is C10H7BrF3N3S. The summed E-state index contributed by atoms with van der Waals surface area (Å²) in [5.41, 5.74) is 0.988. The number of aromatic amines is 1. The Kier molecular flexibility index (Phi) is 3.96. The van der Waals surface area contributed by atoms with E-state index in [1.165, 1.54) is 0 Å². The van der Waals surface area contributed by atoms with Gasteiger partial charge in [-0.05, 0) is 17.7 Å². The van der Waals surface area contributed by atoms with Gasteiger partial charge in [0, 0.05) is 10.2 Å². The molecule has 1 aromatic carbocycles. The zero-order valence-electron chi connectivity index (χ0n) is 8.83. The molecule has 0 atom stereocenters. The van der Waals surface area contributed by atoms with Crippen molar-refractivity contribution >= 4 is 27.7 Å². The third-order valence-corrected chi connectivity index (χ3v) is 3.46. The first kappa shape index (κ1) is 13.4. The summed E-state index contributed by atoms with van der Waals surface area (Å²) in [6.07, 6.45) is -4.48. The van der Waals surface area contributed by atoms with Crippen molar-refractivity contribution in [2.75, 3.05) is 0 Å². The number of hydrogen-bond acceptors (Lipinski definition) is 3. The molecule has 0 bridgehead atoms. The van der Waals surface area contributed by atoms with Gasteiger partial charge in [0.05, 0.1) is 0 Å². The molecule has 96 valence electrons. The second-order valence-corrected chi connectivity index (χ2v) is 5.24. The van der Waals surface area contributed by atoms with E-state index in [-0.39, 0.29) is 5.16 Å². The number of nitrogens with one attached hydrogen (secondary N) is 1. The average molecular weight is 338 g/mol. The van der Waals surface area contributed by atoms with Crippen molar-refractivity contribution in [3.8, 4) is 0 Å². The first-order valence-corrected chi connectivity index (χ1v) is 6.60. The van der Waals surface area contributed by atoms with Gasteiger partial charge in [0.2, 0.25) is 11.0 Å². The number of rotatable bonds is 3. The Balaban J connectivity index is 1.98. The molecule has 0 aliphatic heterocycles. The van der Waals surface area contributed by atoms with E-state index in [1.54, 1.807) is 0 Å². The van der Waals surface area contributed by atoms with Crippen LogP contribution in [0.1, 0.15) is 11.4 Å². The lowest BCUT2D eigenvalue weighted by molar-refractivity contribution is -0.144. The van der Waals surface area contributed by atoms with Crippen molar-refractivity contribution in [3.05, 3.63) is 40.1 Å². The Hall–Kier alpha value is -1.02. The van der Waals surface area contributed by atoms with Crippen molar-refractivity contribution in [1.29, 1.82) is 0 Å². The molecule has 0 spiro atoms. The first-order chi connectivity index (χ1) is 8.45. The summed E-state index contributed by atoms with van der Waals surface area (Å²) in [5.74, 6) is -0.552. The molecule has 3 nitrogen and oxygen atoms in total. The van der Waals surface area contributed by atoms with E-state index in [4.69, 9.17) is 0 Å². The van der Waals surface area contributed by atoms with E-state index in [1.807, 2.05) is 29.4 Å².